The van der Waals surface area contributed by atoms with E-state index in [1.807, 2.05) is 12.1 Å². The zero-order valence-corrected chi connectivity index (χ0v) is 16.2. The summed E-state index contributed by atoms with van der Waals surface area (Å²) < 4.78 is 13.3. The Morgan fingerprint density at radius 1 is 1.07 bits per heavy atom. The normalized spacial score (nSPS) is 18.5. The van der Waals surface area contributed by atoms with E-state index in [4.69, 9.17) is 0 Å². The molecule has 0 atom stereocenters. The van der Waals surface area contributed by atoms with Crippen molar-refractivity contribution in [3.05, 3.63) is 60.0 Å². The summed E-state index contributed by atoms with van der Waals surface area (Å²) in [6.45, 7) is 8.71. The molecule has 1 fully saturated rings. The highest BCUT2D eigenvalue weighted by Gasteiger charge is 2.24. The van der Waals surface area contributed by atoms with E-state index >= 15 is 0 Å². The number of halogens is 1. The summed E-state index contributed by atoms with van der Waals surface area (Å²) in [6.07, 6.45) is 1.68. The number of carbonyl (C=O) groups excluding carboxylic acids is 1. The van der Waals surface area contributed by atoms with Crippen LogP contribution in [0.15, 0.2) is 48.7 Å². The van der Waals surface area contributed by atoms with Gasteiger partial charge in [0.1, 0.15) is 5.82 Å². The summed E-state index contributed by atoms with van der Waals surface area (Å²) in [7, 11) is 0. The Labute approximate surface area is 164 Å². The van der Waals surface area contributed by atoms with E-state index < -0.39 is 0 Å². The summed E-state index contributed by atoms with van der Waals surface area (Å²) in [5.74, 6) is -0.592. The van der Waals surface area contributed by atoms with Gasteiger partial charge in [0, 0.05) is 55.4 Å². The maximum atomic E-state index is 13.3. The molecule has 0 radical (unpaired) electrons. The molecule has 0 aromatic heterocycles. The summed E-state index contributed by atoms with van der Waals surface area (Å²) >= 11 is 0. The first kappa shape index (κ1) is 18.5. The number of carbonyl (C=O) groups is 1. The Hall–Kier alpha value is -2.86. The fourth-order valence-electron chi connectivity index (χ4n) is 3.73. The molecule has 0 spiro atoms. The molecular formula is C22H25FN4O. The lowest BCUT2D eigenvalue weighted by molar-refractivity contribution is -0.110. The highest BCUT2D eigenvalue weighted by molar-refractivity contribution is 6.31. The molecule has 2 aromatic rings. The summed E-state index contributed by atoms with van der Waals surface area (Å²) in [5.41, 5.74) is 3.83. The first-order valence-corrected chi connectivity index (χ1v) is 9.68. The average molecular weight is 380 g/mol. The molecule has 5 nitrogen and oxygen atoms in total. The van der Waals surface area contributed by atoms with Gasteiger partial charge in [-0.15, -0.1) is 0 Å². The number of hydrogen-bond donors (Lipinski definition) is 2. The van der Waals surface area contributed by atoms with Gasteiger partial charge in [0.2, 0.25) is 0 Å². The number of anilines is 3. The molecule has 2 aliphatic rings. The van der Waals surface area contributed by atoms with E-state index in [0.29, 0.717) is 22.9 Å². The number of hydrogen-bond acceptors (Lipinski definition) is 4. The van der Waals surface area contributed by atoms with Gasteiger partial charge in [-0.05, 0) is 56.3 Å². The van der Waals surface area contributed by atoms with Gasteiger partial charge in [-0.1, -0.05) is 0 Å². The topological polar surface area (TPSA) is 47.6 Å². The summed E-state index contributed by atoms with van der Waals surface area (Å²) in [5, 5.41) is 5.87. The number of benzene rings is 2. The molecule has 146 valence electrons. The van der Waals surface area contributed by atoms with E-state index in [0.717, 1.165) is 31.9 Å². The number of rotatable bonds is 4. The number of amides is 1. The zero-order chi connectivity index (χ0) is 19.7. The van der Waals surface area contributed by atoms with Crippen LogP contribution in [0.3, 0.4) is 0 Å². The van der Waals surface area contributed by atoms with Crippen molar-refractivity contribution in [3.8, 4) is 0 Å². The second kappa shape index (κ2) is 7.64. The molecule has 0 aliphatic carbocycles. The second-order valence-corrected chi connectivity index (χ2v) is 7.51. The van der Waals surface area contributed by atoms with E-state index in [1.54, 1.807) is 12.3 Å². The van der Waals surface area contributed by atoms with Crippen molar-refractivity contribution in [2.75, 3.05) is 41.7 Å². The van der Waals surface area contributed by atoms with Gasteiger partial charge in [0.15, 0.2) is 0 Å². The molecule has 28 heavy (non-hydrogen) atoms. The van der Waals surface area contributed by atoms with Crippen LogP contribution in [-0.2, 0) is 4.79 Å². The van der Waals surface area contributed by atoms with Gasteiger partial charge >= 0.3 is 0 Å². The van der Waals surface area contributed by atoms with Gasteiger partial charge in [0.05, 0.1) is 11.3 Å². The van der Waals surface area contributed by atoms with Crippen LogP contribution in [0.2, 0.25) is 0 Å². The highest BCUT2D eigenvalue weighted by Crippen LogP contribution is 2.32. The lowest BCUT2D eigenvalue weighted by Crippen LogP contribution is -2.48. The van der Waals surface area contributed by atoms with Crippen molar-refractivity contribution in [2.45, 2.75) is 19.9 Å². The summed E-state index contributed by atoms with van der Waals surface area (Å²) in [4.78, 5) is 17.0. The average Bonchev–Trinajstić information content (AvgIpc) is 3.01. The van der Waals surface area contributed by atoms with Gasteiger partial charge < -0.3 is 15.5 Å². The molecule has 2 heterocycles. The molecule has 2 aliphatic heterocycles. The van der Waals surface area contributed by atoms with Crippen LogP contribution in [0.4, 0.5) is 21.5 Å². The van der Waals surface area contributed by atoms with Crippen LogP contribution in [-0.4, -0.2) is 43.0 Å². The first-order chi connectivity index (χ1) is 13.5. The predicted molar refractivity (Wildman–Crippen MR) is 112 cm³/mol. The quantitative estimate of drug-likeness (QED) is 0.793. The van der Waals surface area contributed by atoms with Crippen molar-refractivity contribution in [1.82, 2.24) is 4.90 Å². The Balaban J connectivity index is 1.42. The van der Waals surface area contributed by atoms with E-state index in [2.05, 4.69) is 46.4 Å². The van der Waals surface area contributed by atoms with Gasteiger partial charge in [0.25, 0.3) is 5.91 Å². The maximum Gasteiger partial charge on any atom is 0.257 e. The molecular weight excluding hydrogens is 355 g/mol. The van der Waals surface area contributed by atoms with Gasteiger partial charge in [-0.3, -0.25) is 9.69 Å². The monoisotopic (exact) mass is 380 g/mol. The third-order valence-corrected chi connectivity index (χ3v) is 5.42. The minimum Gasteiger partial charge on any atom is -0.369 e. The van der Waals surface area contributed by atoms with Crippen LogP contribution in [0.1, 0.15) is 19.4 Å². The lowest BCUT2D eigenvalue weighted by Gasteiger charge is -2.38. The van der Waals surface area contributed by atoms with Gasteiger partial charge in [-0.25, -0.2) is 4.39 Å². The van der Waals surface area contributed by atoms with Crippen molar-refractivity contribution in [1.29, 1.82) is 0 Å². The largest absolute Gasteiger partial charge is 0.369 e. The lowest BCUT2D eigenvalue weighted by atomic mass is 10.1. The fraction of sp³-hybridized carbons (Fsp3) is 0.318. The molecule has 2 N–H and O–H groups in total. The fourth-order valence-corrected chi connectivity index (χ4v) is 3.73. The van der Waals surface area contributed by atoms with Crippen molar-refractivity contribution < 1.29 is 9.18 Å². The molecule has 4 rings (SSSR count). The van der Waals surface area contributed by atoms with Crippen LogP contribution in [0.25, 0.3) is 5.57 Å². The molecule has 0 saturated carbocycles. The SMILES string of the molecule is CC(C)N1CCN(c2ccc(NC=C3C(=O)Nc4cc(F)ccc43)cc2)CC1. The molecule has 2 aromatic carbocycles. The predicted octanol–water partition coefficient (Wildman–Crippen LogP) is 3.76. The minimum absolute atomic E-state index is 0.229. The van der Waals surface area contributed by atoms with E-state index in [1.165, 1.54) is 17.8 Å². The summed E-state index contributed by atoms with van der Waals surface area (Å²) in [6, 6.07) is 13.1. The third kappa shape index (κ3) is 3.73. The van der Waals surface area contributed by atoms with Crippen molar-refractivity contribution in [2.24, 2.45) is 0 Å². The van der Waals surface area contributed by atoms with E-state index in [9.17, 15) is 9.18 Å². The number of nitrogens with one attached hydrogen (secondary N) is 2. The Kier molecular flexibility index (Phi) is 5.05. The van der Waals surface area contributed by atoms with Crippen LogP contribution < -0.4 is 15.5 Å². The van der Waals surface area contributed by atoms with Crippen LogP contribution >= 0.6 is 0 Å². The molecule has 6 heteroatoms. The first-order valence-electron chi connectivity index (χ1n) is 9.68. The smallest absolute Gasteiger partial charge is 0.257 e. The highest BCUT2D eigenvalue weighted by atomic mass is 19.1. The standard InChI is InChI=1S/C22H25FN4O/c1-15(2)26-9-11-27(12-10-26)18-6-4-17(5-7-18)24-14-20-19-8-3-16(23)13-21(19)25-22(20)28/h3-8,13-15,24H,9-12H2,1-2H3,(H,25,28). The number of nitrogens with zero attached hydrogens (tertiary/aromatic N) is 2. The number of fused-ring (bicyclic) bond motifs is 1. The minimum atomic E-state index is -0.363. The Morgan fingerprint density at radius 3 is 2.46 bits per heavy atom. The zero-order valence-electron chi connectivity index (χ0n) is 16.2. The molecule has 1 amide bonds. The molecule has 0 unspecified atom stereocenters. The Bertz CT molecular complexity index is 899. The van der Waals surface area contributed by atoms with Crippen molar-refractivity contribution in [3.63, 3.8) is 0 Å². The maximum absolute atomic E-state index is 13.3. The van der Waals surface area contributed by atoms with Crippen molar-refractivity contribution >= 4 is 28.5 Å². The van der Waals surface area contributed by atoms with E-state index in [-0.39, 0.29) is 11.7 Å². The molecule has 0 bridgehead atoms. The number of piperazine rings is 1. The van der Waals surface area contributed by atoms with Gasteiger partial charge in [-0.2, -0.15) is 0 Å². The Morgan fingerprint density at radius 2 is 1.79 bits per heavy atom. The second-order valence-electron chi connectivity index (χ2n) is 7.51. The van der Waals surface area contributed by atoms with Crippen LogP contribution in [0.5, 0.6) is 0 Å². The van der Waals surface area contributed by atoms with Crippen LogP contribution in [0, 0.1) is 5.82 Å². The third-order valence-electron chi connectivity index (χ3n) is 5.42. The molecule has 1 saturated heterocycles.